The molecule has 3 amide bonds. The highest BCUT2D eigenvalue weighted by Gasteiger charge is 2.85. The first-order valence-electron chi connectivity index (χ1n) is 12.0. The monoisotopic (exact) mass is 573 g/mol. The van der Waals surface area contributed by atoms with Crippen molar-refractivity contribution in [1.29, 1.82) is 0 Å². The fourth-order valence-corrected chi connectivity index (χ4v) is 6.27. The van der Waals surface area contributed by atoms with Crippen LogP contribution < -0.4 is 15.1 Å². The second-order valence-electron chi connectivity index (χ2n) is 10.9. The van der Waals surface area contributed by atoms with Crippen molar-refractivity contribution in [3.05, 3.63) is 59.4 Å². The van der Waals surface area contributed by atoms with E-state index in [0.717, 1.165) is 18.0 Å². The van der Waals surface area contributed by atoms with E-state index in [4.69, 9.17) is 4.74 Å². The van der Waals surface area contributed by atoms with Crippen LogP contribution in [0, 0.1) is 11.7 Å². The minimum Gasteiger partial charge on any atom is -0.443 e. The molecule has 2 aromatic rings. The fourth-order valence-electron chi connectivity index (χ4n) is 6.27. The van der Waals surface area contributed by atoms with Gasteiger partial charge in [-0.25, -0.2) is 14.1 Å². The Morgan fingerprint density at radius 3 is 2.10 bits per heavy atom. The zero-order valence-corrected chi connectivity index (χ0v) is 21.4. The molecule has 0 aliphatic carbocycles. The fraction of sp³-hybridized carbons (Fsp3) is 0.423. The van der Waals surface area contributed by atoms with Gasteiger partial charge < -0.3 is 9.64 Å². The van der Waals surface area contributed by atoms with Gasteiger partial charge in [0, 0.05) is 18.3 Å². The lowest BCUT2D eigenvalue weighted by atomic mass is 9.58. The van der Waals surface area contributed by atoms with E-state index in [1.165, 1.54) is 39.0 Å². The number of hydrogen-bond acceptors (Lipinski definition) is 5. The number of benzene rings is 2. The van der Waals surface area contributed by atoms with Crippen LogP contribution >= 0.6 is 0 Å². The number of amides is 3. The highest BCUT2D eigenvalue weighted by molar-refractivity contribution is 6.26. The average molecular weight is 573 g/mol. The molecule has 4 atom stereocenters. The Kier molecular flexibility index (Phi) is 5.70. The van der Waals surface area contributed by atoms with Gasteiger partial charge in [-0.3, -0.25) is 14.9 Å². The molecule has 0 saturated carbocycles. The van der Waals surface area contributed by atoms with Crippen molar-refractivity contribution in [2.75, 3.05) is 16.8 Å². The van der Waals surface area contributed by atoms with Gasteiger partial charge in [0.25, 0.3) is 11.8 Å². The third kappa shape index (κ3) is 3.44. The van der Waals surface area contributed by atoms with Gasteiger partial charge in [0.2, 0.25) is 0 Å². The van der Waals surface area contributed by atoms with Crippen molar-refractivity contribution >= 4 is 29.3 Å². The second kappa shape index (κ2) is 8.18. The van der Waals surface area contributed by atoms with Gasteiger partial charge in [0.05, 0.1) is 5.69 Å². The number of ether oxygens (including phenoxy) is 1. The van der Waals surface area contributed by atoms with Crippen LogP contribution in [0.3, 0.4) is 0 Å². The van der Waals surface area contributed by atoms with Crippen molar-refractivity contribution in [1.82, 2.24) is 5.32 Å². The molecule has 0 unspecified atom stereocenters. The molecule has 0 aromatic heterocycles. The summed E-state index contributed by atoms with van der Waals surface area (Å²) < 4.78 is 108. The van der Waals surface area contributed by atoms with E-state index < -0.39 is 75.8 Å². The van der Waals surface area contributed by atoms with Gasteiger partial charge in [-0.1, -0.05) is 24.3 Å². The minimum atomic E-state index is -5.75. The van der Waals surface area contributed by atoms with Crippen LogP contribution in [-0.4, -0.2) is 49.0 Å². The summed E-state index contributed by atoms with van der Waals surface area (Å²) in [5.74, 6) is -7.79. The van der Waals surface area contributed by atoms with Gasteiger partial charge >= 0.3 is 18.4 Å². The number of anilines is 2. The van der Waals surface area contributed by atoms with E-state index in [0.29, 0.717) is 18.2 Å². The number of nitrogens with zero attached hydrogens (tertiary/aromatic N) is 2. The highest BCUT2D eigenvalue weighted by atomic mass is 19.4. The number of halogens is 7. The zero-order valence-electron chi connectivity index (χ0n) is 21.4. The van der Waals surface area contributed by atoms with Crippen molar-refractivity contribution in [2.45, 2.75) is 55.7 Å². The van der Waals surface area contributed by atoms with Crippen LogP contribution in [0.5, 0.6) is 0 Å². The molecule has 0 bridgehead atoms. The minimum absolute atomic E-state index is 0.0460. The Morgan fingerprint density at radius 1 is 0.900 bits per heavy atom. The number of likely N-dealkylation sites (N-methyl/N-ethyl adjacent to an activating group) is 1. The standard InChI is InChI=1S/C26H22F7N3O4/c1-22(2,3)40-21(39)36-16-11-12(27)9-10-13(16)23(19(36)37)17(25(28,29)30)18(26(31,32)33)34-24(23)14-7-5-6-8-15(14)35(4)20(24)38/h5-11,17-18,34H,1-4H3/t17-,18+,23-,24+/m1/s1. The Morgan fingerprint density at radius 2 is 1.52 bits per heavy atom. The summed E-state index contributed by atoms with van der Waals surface area (Å²) in [7, 11) is 1.14. The Hall–Kier alpha value is -3.68. The predicted molar refractivity (Wildman–Crippen MR) is 126 cm³/mol. The molecule has 7 nitrogen and oxygen atoms in total. The van der Waals surface area contributed by atoms with Gasteiger partial charge in [0.15, 0.2) is 0 Å². The topological polar surface area (TPSA) is 79.0 Å². The van der Waals surface area contributed by atoms with E-state index >= 15 is 0 Å². The first kappa shape index (κ1) is 27.9. The van der Waals surface area contributed by atoms with Gasteiger partial charge in [-0.15, -0.1) is 0 Å². The maximum Gasteiger partial charge on any atom is 0.421 e. The third-order valence-electron chi connectivity index (χ3n) is 7.51. The number of hydrogen-bond donors (Lipinski definition) is 1. The maximum atomic E-state index is 15.0. The molecule has 2 aromatic carbocycles. The Bertz CT molecular complexity index is 1450. The summed E-state index contributed by atoms with van der Waals surface area (Å²) in [4.78, 5) is 42.6. The molecular formula is C26H22F7N3O4. The Balaban J connectivity index is 1.95. The molecule has 3 heterocycles. The molecule has 5 rings (SSSR count). The van der Waals surface area contributed by atoms with E-state index in [1.807, 2.05) is 5.32 Å². The average Bonchev–Trinajstić information content (AvgIpc) is 3.36. The number of imide groups is 1. The lowest BCUT2D eigenvalue weighted by Gasteiger charge is -2.41. The summed E-state index contributed by atoms with van der Waals surface area (Å²) in [6, 6.07) is 3.62. The molecule has 1 fully saturated rings. The zero-order chi connectivity index (χ0) is 29.8. The van der Waals surface area contributed by atoms with Crippen LogP contribution in [0.2, 0.25) is 0 Å². The van der Waals surface area contributed by atoms with E-state index in [2.05, 4.69) is 0 Å². The lowest BCUT2D eigenvalue weighted by Crippen LogP contribution is -2.64. The smallest absolute Gasteiger partial charge is 0.421 e. The summed E-state index contributed by atoms with van der Waals surface area (Å²) in [5, 5.41) is 1.90. The lowest BCUT2D eigenvalue weighted by molar-refractivity contribution is -0.235. The first-order valence-corrected chi connectivity index (χ1v) is 12.0. The number of rotatable bonds is 0. The molecule has 14 heteroatoms. The first-order chi connectivity index (χ1) is 18.3. The molecule has 1 N–H and O–H groups in total. The maximum absolute atomic E-state index is 15.0. The predicted octanol–water partition coefficient (Wildman–Crippen LogP) is 4.93. The van der Waals surface area contributed by atoms with Crippen LogP contribution in [0.15, 0.2) is 42.5 Å². The number of carbonyl (C=O) groups is 3. The number of carbonyl (C=O) groups excluding carboxylic acids is 3. The van der Waals surface area contributed by atoms with Crippen molar-refractivity contribution < 1.29 is 49.9 Å². The van der Waals surface area contributed by atoms with Crippen LogP contribution in [0.25, 0.3) is 0 Å². The third-order valence-corrected chi connectivity index (χ3v) is 7.51. The normalized spacial score (nSPS) is 28.1. The summed E-state index contributed by atoms with van der Waals surface area (Å²) in [6.07, 6.45) is -12.9. The molecule has 1 saturated heterocycles. The SMILES string of the molecule is CN1C(=O)[C@@]2(N[C@H](C(F)(F)F)[C@@H](C(F)(F)F)[C@]23C(=O)N(C(=O)OC(C)(C)C)c2cc(F)ccc23)c2ccccc21. The summed E-state index contributed by atoms with van der Waals surface area (Å²) in [5.41, 5.74) is -9.63. The van der Waals surface area contributed by atoms with Gasteiger partial charge in [-0.2, -0.15) is 26.3 Å². The van der Waals surface area contributed by atoms with Crippen LogP contribution in [0.1, 0.15) is 31.9 Å². The number of para-hydroxylation sites is 1. The van der Waals surface area contributed by atoms with Crippen molar-refractivity contribution in [3.8, 4) is 0 Å². The van der Waals surface area contributed by atoms with Crippen molar-refractivity contribution in [2.24, 2.45) is 5.92 Å². The Labute approximate surface area is 222 Å². The van der Waals surface area contributed by atoms with Crippen molar-refractivity contribution in [3.63, 3.8) is 0 Å². The molecule has 40 heavy (non-hydrogen) atoms. The highest BCUT2D eigenvalue weighted by Crippen LogP contribution is 2.68. The molecule has 2 spiro atoms. The summed E-state index contributed by atoms with van der Waals surface area (Å²) in [6.45, 7) is 4.16. The quantitative estimate of drug-likeness (QED) is 0.453. The second-order valence-corrected chi connectivity index (χ2v) is 10.9. The molecular weight excluding hydrogens is 551 g/mol. The summed E-state index contributed by atoms with van der Waals surface area (Å²) >= 11 is 0. The molecule has 214 valence electrons. The molecule has 3 aliphatic heterocycles. The van der Waals surface area contributed by atoms with E-state index in [-0.39, 0.29) is 16.2 Å². The number of alkyl halides is 6. The number of nitrogens with one attached hydrogen (secondary N) is 1. The molecule has 0 radical (unpaired) electrons. The molecule has 3 aliphatic rings. The van der Waals surface area contributed by atoms with Crippen LogP contribution in [-0.2, 0) is 25.3 Å². The van der Waals surface area contributed by atoms with E-state index in [1.54, 1.807) is 0 Å². The van der Waals surface area contributed by atoms with Gasteiger partial charge in [0.1, 0.15) is 34.3 Å². The largest absolute Gasteiger partial charge is 0.443 e. The van der Waals surface area contributed by atoms with Gasteiger partial charge in [-0.05, 0) is 44.5 Å². The van der Waals surface area contributed by atoms with Crippen LogP contribution in [0.4, 0.5) is 46.9 Å². The van der Waals surface area contributed by atoms with E-state index in [9.17, 15) is 45.1 Å². The number of fused-ring (bicyclic) bond motifs is 5.